The van der Waals surface area contributed by atoms with E-state index >= 15 is 0 Å². The quantitative estimate of drug-likeness (QED) is 0.518. The summed E-state index contributed by atoms with van der Waals surface area (Å²) in [6.07, 6.45) is -3.36. The molecule has 0 spiro atoms. The number of ketones is 1. The van der Waals surface area contributed by atoms with E-state index in [-0.39, 0.29) is 32.6 Å². The van der Waals surface area contributed by atoms with Gasteiger partial charge in [-0.1, -0.05) is 36.4 Å². The Kier molecular flexibility index (Phi) is 5.16. The normalized spacial score (nSPS) is 16.0. The minimum atomic E-state index is -4.59. The largest absolute Gasteiger partial charge is 0.454 e. The van der Waals surface area contributed by atoms with Crippen molar-refractivity contribution < 1.29 is 34.0 Å². The van der Waals surface area contributed by atoms with Crippen molar-refractivity contribution in [2.24, 2.45) is 0 Å². The molecule has 1 aliphatic carbocycles. The van der Waals surface area contributed by atoms with Gasteiger partial charge in [-0.15, -0.1) is 0 Å². The van der Waals surface area contributed by atoms with Gasteiger partial charge in [0.05, 0.1) is 17.6 Å². The van der Waals surface area contributed by atoms with E-state index < -0.39 is 17.2 Å². The summed E-state index contributed by atoms with van der Waals surface area (Å²) < 4.78 is 52.5. The molecule has 4 nitrogen and oxygen atoms in total. The van der Waals surface area contributed by atoms with Crippen LogP contribution in [0.2, 0.25) is 0 Å². The number of ether oxygens (including phenoxy) is 2. The lowest BCUT2D eigenvalue weighted by atomic mass is 9.86. The first-order valence-corrected chi connectivity index (χ1v) is 10.6. The fourth-order valence-corrected chi connectivity index (χ4v) is 4.43. The molecule has 1 heterocycles. The topological polar surface area (TPSA) is 55.8 Å². The maximum absolute atomic E-state index is 13.9. The van der Waals surface area contributed by atoms with E-state index in [4.69, 9.17) is 9.47 Å². The molecule has 0 aromatic heterocycles. The third-order valence-electron chi connectivity index (χ3n) is 6.38. The molecule has 0 bridgehead atoms. The van der Waals surface area contributed by atoms with Crippen LogP contribution in [0, 0.1) is 0 Å². The molecule has 3 aromatic carbocycles. The van der Waals surface area contributed by atoms with E-state index in [2.05, 4.69) is 0 Å². The van der Waals surface area contributed by atoms with Crippen LogP contribution in [0.4, 0.5) is 13.2 Å². The summed E-state index contributed by atoms with van der Waals surface area (Å²) in [5.74, 6) is 1.10. The zero-order valence-electron chi connectivity index (χ0n) is 17.6. The molecule has 33 heavy (non-hydrogen) atoms. The standard InChI is InChI=1S/C26H21F3O4.H2/c27-26(28,29)21-11-16(4-6-20(21)18-3-1-2-17(10-18)14-30)12-24(31)25(8-9-25)19-5-7-22-23(13-19)33-15-32-22;/h1-7,10-11,13,30H,8-9,12,14-15H2;1H. The van der Waals surface area contributed by atoms with Gasteiger partial charge in [0.25, 0.3) is 0 Å². The van der Waals surface area contributed by atoms with Gasteiger partial charge in [-0.05, 0) is 64.9 Å². The van der Waals surface area contributed by atoms with Crippen molar-refractivity contribution in [3.05, 3.63) is 82.9 Å². The SMILES string of the molecule is O=C(Cc1ccc(-c2cccc(CO)c2)c(C(F)(F)F)c1)C1(c2ccc3c(c2)OCO3)CC1.[HH]. The second-order valence-corrected chi connectivity index (χ2v) is 8.49. The fourth-order valence-electron chi connectivity index (χ4n) is 4.43. The molecule has 1 saturated carbocycles. The maximum atomic E-state index is 13.9. The van der Waals surface area contributed by atoms with Crippen molar-refractivity contribution in [2.75, 3.05) is 6.79 Å². The highest BCUT2D eigenvalue weighted by molar-refractivity contribution is 5.95. The summed E-state index contributed by atoms with van der Waals surface area (Å²) in [6, 6.07) is 15.8. The fraction of sp³-hybridized carbons (Fsp3) is 0.269. The molecule has 2 aliphatic rings. The first kappa shape index (κ1) is 21.5. The Bertz CT molecular complexity index is 1230. The van der Waals surface area contributed by atoms with Gasteiger partial charge >= 0.3 is 6.18 Å². The predicted molar refractivity (Wildman–Crippen MR) is 117 cm³/mol. The van der Waals surface area contributed by atoms with Gasteiger partial charge in [0, 0.05) is 7.85 Å². The number of fused-ring (bicyclic) bond motifs is 1. The zero-order chi connectivity index (χ0) is 23.2. The van der Waals surface area contributed by atoms with Crippen LogP contribution >= 0.6 is 0 Å². The zero-order valence-corrected chi connectivity index (χ0v) is 17.6. The third kappa shape index (κ3) is 3.97. The average molecular weight is 456 g/mol. The number of rotatable bonds is 6. The van der Waals surface area contributed by atoms with Crippen LogP contribution in [0.5, 0.6) is 11.5 Å². The van der Waals surface area contributed by atoms with E-state index in [1.807, 2.05) is 6.07 Å². The minimum absolute atomic E-state index is 0. The molecule has 1 N–H and O–H groups in total. The summed E-state index contributed by atoms with van der Waals surface area (Å²) >= 11 is 0. The number of carbonyl (C=O) groups excluding carboxylic acids is 1. The summed E-state index contributed by atoms with van der Waals surface area (Å²) in [5.41, 5.74) is 0.562. The lowest BCUT2D eigenvalue weighted by molar-refractivity contribution is -0.137. The van der Waals surface area contributed by atoms with Crippen LogP contribution in [0.15, 0.2) is 60.7 Å². The highest BCUT2D eigenvalue weighted by atomic mass is 19.4. The number of halogens is 3. The number of carbonyl (C=O) groups is 1. The molecular weight excluding hydrogens is 433 g/mol. The average Bonchev–Trinajstić information content (AvgIpc) is 3.49. The van der Waals surface area contributed by atoms with Gasteiger partial charge in [-0.3, -0.25) is 4.79 Å². The van der Waals surface area contributed by atoms with Crippen molar-refractivity contribution in [1.82, 2.24) is 0 Å². The molecule has 3 aromatic rings. The molecule has 0 radical (unpaired) electrons. The van der Waals surface area contributed by atoms with Gasteiger partial charge < -0.3 is 14.6 Å². The lowest BCUT2D eigenvalue weighted by Crippen LogP contribution is -2.22. The number of Topliss-reactive ketones (excluding diaryl/α,β-unsaturated/α-hetero) is 1. The summed E-state index contributed by atoms with van der Waals surface area (Å²) in [7, 11) is 0. The molecule has 5 rings (SSSR count). The molecule has 0 amide bonds. The van der Waals surface area contributed by atoms with Crippen LogP contribution in [-0.2, 0) is 29.4 Å². The second-order valence-electron chi connectivity index (χ2n) is 8.49. The molecule has 0 atom stereocenters. The van der Waals surface area contributed by atoms with Gasteiger partial charge in [-0.2, -0.15) is 13.2 Å². The smallest absolute Gasteiger partial charge is 0.417 e. The third-order valence-corrected chi connectivity index (χ3v) is 6.38. The Balaban J connectivity index is 0.00000274. The van der Waals surface area contributed by atoms with Gasteiger partial charge in [0.15, 0.2) is 11.5 Å². The highest BCUT2D eigenvalue weighted by Gasteiger charge is 2.51. The summed E-state index contributed by atoms with van der Waals surface area (Å²) in [6.45, 7) is -0.128. The van der Waals surface area contributed by atoms with Crippen LogP contribution in [0.1, 0.15) is 36.5 Å². The highest BCUT2D eigenvalue weighted by Crippen LogP contribution is 2.51. The summed E-state index contributed by atoms with van der Waals surface area (Å²) in [4.78, 5) is 13.2. The lowest BCUT2D eigenvalue weighted by Gasteiger charge is -2.18. The predicted octanol–water partition coefficient (Wildman–Crippen LogP) is 5.68. The van der Waals surface area contributed by atoms with E-state index in [0.717, 1.165) is 11.6 Å². The number of alkyl halides is 3. The van der Waals surface area contributed by atoms with Crippen molar-refractivity contribution >= 4 is 5.78 Å². The molecule has 0 saturated heterocycles. The van der Waals surface area contributed by atoms with Crippen molar-refractivity contribution in [3.8, 4) is 22.6 Å². The van der Waals surface area contributed by atoms with E-state index in [9.17, 15) is 23.1 Å². The minimum Gasteiger partial charge on any atom is -0.454 e. The first-order valence-electron chi connectivity index (χ1n) is 10.6. The Morgan fingerprint density at radius 2 is 1.76 bits per heavy atom. The summed E-state index contributed by atoms with van der Waals surface area (Å²) in [5, 5.41) is 9.33. The van der Waals surface area contributed by atoms with Crippen LogP contribution in [0.25, 0.3) is 11.1 Å². The Morgan fingerprint density at radius 1 is 0.970 bits per heavy atom. The van der Waals surface area contributed by atoms with E-state index in [0.29, 0.717) is 41.0 Å². The molecule has 1 fully saturated rings. The van der Waals surface area contributed by atoms with E-state index in [1.54, 1.807) is 36.4 Å². The first-order chi connectivity index (χ1) is 15.8. The van der Waals surface area contributed by atoms with Crippen LogP contribution in [0.3, 0.4) is 0 Å². The number of hydrogen-bond donors (Lipinski definition) is 1. The Hall–Kier alpha value is -3.32. The van der Waals surface area contributed by atoms with Crippen molar-refractivity contribution in [3.63, 3.8) is 0 Å². The van der Waals surface area contributed by atoms with Gasteiger partial charge in [-0.25, -0.2) is 0 Å². The maximum Gasteiger partial charge on any atom is 0.417 e. The number of benzene rings is 3. The van der Waals surface area contributed by atoms with Crippen molar-refractivity contribution in [2.45, 2.75) is 37.5 Å². The molecular formula is C26H23F3O4. The number of hydrogen-bond acceptors (Lipinski definition) is 4. The van der Waals surface area contributed by atoms with E-state index in [1.165, 1.54) is 12.1 Å². The molecule has 172 valence electrons. The van der Waals surface area contributed by atoms with Gasteiger partial charge in [0.2, 0.25) is 6.79 Å². The monoisotopic (exact) mass is 456 g/mol. The second kappa shape index (κ2) is 7.92. The van der Waals surface area contributed by atoms with Crippen molar-refractivity contribution in [1.29, 1.82) is 0 Å². The number of aliphatic hydroxyl groups is 1. The molecule has 1 aliphatic heterocycles. The number of aliphatic hydroxyl groups excluding tert-OH is 1. The molecule has 7 heteroatoms. The van der Waals surface area contributed by atoms with Crippen LogP contribution < -0.4 is 9.47 Å². The van der Waals surface area contributed by atoms with Crippen LogP contribution in [-0.4, -0.2) is 17.7 Å². The Morgan fingerprint density at radius 3 is 2.48 bits per heavy atom. The van der Waals surface area contributed by atoms with Gasteiger partial charge in [0.1, 0.15) is 5.78 Å². The molecule has 0 unspecified atom stereocenters. The Labute approximate surface area is 190 Å².